The molecule has 0 fully saturated rings. The quantitative estimate of drug-likeness (QED) is 0.819. The molecule has 0 aromatic heterocycles. The van der Waals surface area contributed by atoms with Crippen molar-refractivity contribution in [2.75, 3.05) is 20.1 Å². The van der Waals surface area contributed by atoms with Crippen molar-refractivity contribution in [3.8, 4) is 0 Å². The summed E-state index contributed by atoms with van der Waals surface area (Å²) in [5, 5.41) is 10.2. The van der Waals surface area contributed by atoms with Gasteiger partial charge in [0.2, 0.25) is 0 Å². The molecule has 0 amide bonds. The van der Waals surface area contributed by atoms with E-state index in [9.17, 15) is 5.11 Å². The van der Waals surface area contributed by atoms with Crippen LogP contribution >= 0.6 is 0 Å². The molecule has 0 aliphatic carbocycles. The van der Waals surface area contributed by atoms with Gasteiger partial charge in [0, 0.05) is 6.54 Å². The SMILES string of the molecule is Cc1ccccc1C(O)CN(C)CCC(C)C. The van der Waals surface area contributed by atoms with Gasteiger partial charge in [-0.2, -0.15) is 0 Å². The Morgan fingerprint density at radius 3 is 2.47 bits per heavy atom. The summed E-state index contributed by atoms with van der Waals surface area (Å²) in [5.41, 5.74) is 2.21. The topological polar surface area (TPSA) is 23.5 Å². The van der Waals surface area contributed by atoms with Crippen LogP contribution < -0.4 is 0 Å². The summed E-state index contributed by atoms with van der Waals surface area (Å²) in [6, 6.07) is 8.05. The second-order valence-electron chi connectivity index (χ2n) is 5.32. The molecular weight excluding hydrogens is 210 g/mol. The molecule has 1 aromatic rings. The van der Waals surface area contributed by atoms with Crippen LogP contribution in [0.3, 0.4) is 0 Å². The number of hydrogen-bond acceptors (Lipinski definition) is 2. The highest BCUT2D eigenvalue weighted by molar-refractivity contribution is 5.27. The summed E-state index contributed by atoms with van der Waals surface area (Å²) in [4.78, 5) is 2.21. The van der Waals surface area contributed by atoms with E-state index in [4.69, 9.17) is 0 Å². The maximum Gasteiger partial charge on any atom is 0.0919 e. The monoisotopic (exact) mass is 235 g/mol. The lowest BCUT2D eigenvalue weighted by Gasteiger charge is -2.22. The van der Waals surface area contributed by atoms with Gasteiger partial charge in [-0.1, -0.05) is 38.1 Å². The molecule has 0 heterocycles. The summed E-state index contributed by atoms with van der Waals surface area (Å²) < 4.78 is 0. The van der Waals surface area contributed by atoms with Gasteiger partial charge in [-0.3, -0.25) is 0 Å². The Morgan fingerprint density at radius 1 is 1.24 bits per heavy atom. The molecule has 1 aromatic carbocycles. The maximum atomic E-state index is 10.2. The van der Waals surface area contributed by atoms with Crippen molar-refractivity contribution in [1.29, 1.82) is 0 Å². The van der Waals surface area contributed by atoms with Gasteiger partial charge in [-0.15, -0.1) is 0 Å². The summed E-state index contributed by atoms with van der Waals surface area (Å²) in [7, 11) is 2.07. The van der Waals surface area contributed by atoms with Crippen LogP contribution in [0, 0.1) is 12.8 Å². The highest BCUT2D eigenvalue weighted by Crippen LogP contribution is 2.18. The van der Waals surface area contributed by atoms with E-state index < -0.39 is 0 Å². The van der Waals surface area contributed by atoms with Crippen LogP contribution in [0.25, 0.3) is 0 Å². The van der Waals surface area contributed by atoms with Gasteiger partial charge in [0.1, 0.15) is 0 Å². The van der Waals surface area contributed by atoms with E-state index in [0.717, 1.165) is 17.7 Å². The number of rotatable bonds is 6. The number of aliphatic hydroxyl groups excluding tert-OH is 1. The Labute approximate surface area is 105 Å². The Balaban J connectivity index is 2.49. The van der Waals surface area contributed by atoms with Crippen LogP contribution in [0.15, 0.2) is 24.3 Å². The smallest absolute Gasteiger partial charge is 0.0919 e. The fourth-order valence-corrected chi connectivity index (χ4v) is 1.92. The van der Waals surface area contributed by atoms with Gasteiger partial charge in [0.05, 0.1) is 6.10 Å². The second kappa shape index (κ2) is 6.77. The van der Waals surface area contributed by atoms with Gasteiger partial charge in [0.15, 0.2) is 0 Å². The number of hydrogen-bond donors (Lipinski definition) is 1. The average molecular weight is 235 g/mol. The Hall–Kier alpha value is -0.860. The third kappa shape index (κ3) is 4.88. The van der Waals surface area contributed by atoms with Crippen molar-refractivity contribution in [2.45, 2.75) is 33.3 Å². The zero-order valence-corrected chi connectivity index (χ0v) is 11.5. The van der Waals surface area contributed by atoms with Crippen molar-refractivity contribution >= 4 is 0 Å². The number of nitrogens with zero attached hydrogens (tertiary/aromatic N) is 1. The normalized spacial score (nSPS) is 13.4. The van der Waals surface area contributed by atoms with E-state index in [-0.39, 0.29) is 6.10 Å². The molecule has 0 saturated heterocycles. The minimum Gasteiger partial charge on any atom is -0.387 e. The first-order valence-corrected chi connectivity index (χ1v) is 6.43. The predicted molar refractivity (Wildman–Crippen MR) is 73.1 cm³/mol. The molecule has 1 N–H and O–H groups in total. The summed E-state index contributed by atoms with van der Waals surface area (Å²) in [6.07, 6.45) is 0.796. The van der Waals surface area contributed by atoms with Crippen LogP contribution in [0.1, 0.15) is 37.5 Å². The van der Waals surface area contributed by atoms with Crippen molar-refractivity contribution in [2.24, 2.45) is 5.92 Å². The summed E-state index contributed by atoms with van der Waals surface area (Å²) in [5.74, 6) is 0.716. The molecule has 1 unspecified atom stereocenters. The second-order valence-corrected chi connectivity index (χ2v) is 5.32. The van der Waals surface area contributed by atoms with Gasteiger partial charge >= 0.3 is 0 Å². The van der Waals surface area contributed by atoms with Gasteiger partial charge in [-0.25, -0.2) is 0 Å². The van der Waals surface area contributed by atoms with Crippen molar-refractivity contribution in [3.63, 3.8) is 0 Å². The first kappa shape index (κ1) is 14.2. The number of likely N-dealkylation sites (N-methyl/N-ethyl adjacent to an activating group) is 1. The van der Waals surface area contributed by atoms with Gasteiger partial charge < -0.3 is 10.0 Å². The largest absolute Gasteiger partial charge is 0.387 e. The molecule has 0 aliphatic rings. The molecule has 2 nitrogen and oxygen atoms in total. The van der Waals surface area contributed by atoms with Crippen LogP contribution in [0.2, 0.25) is 0 Å². The highest BCUT2D eigenvalue weighted by atomic mass is 16.3. The minimum atomic E-state index is -0.381. The Kier molecular flexibility index (Phi) is 5.66. The third-order valence-electron chi connectivity index (χ3n) is 3.12. The number of aryl methyl sites for hydroxylation is 1. The van der Waals surface area contributed by atoms with Crippen molar-refractivity contribution in [1.82, 2.24) is 4.90 Å². The molecule has 0 spiro atoms. The fourth-order valence-electron chi connectivity index (χ4n) is 1.92. The summed E-state index contributed by atoms with van der Waals surface area (Å²) >= 11 is 0. The molecule has 17 heavy (non-hydrogen) atoms. The summed E-state index contributed by atoms with van der Waals surface area (Å²) in [6.45, 7) is 8.25. The molecule has 0 bridgehead atoms. The first-order chi connectivity index (χ1) is 8.00. The lowest BCUT2D eigenvalue weighted by molar-refractivity contribution is 0.124. The van der Waals surface area contributed by atoms with Gasteiger partial charge in [-0.05, 0) is 44.0 Å². The lowest BCUT2D eigenvalue weighted by atomic mass is 10.0. The van der Waals surface area contributed by atoms with E-state index in [0.29, 0.717) is 12.5 Å². The molecule has 96 valence electrons. The fraction of sp³-hybridized carbons (Fsp3) is 0.600. The minimum absolute atomic E-state index is 0.381. The van der Waals surface area contributed by atoms with Crippen molar-refractivity contribution < 1.29 is 5.11 Å². The van der Waals surface area contributed by atoms with Gasteiger partial charge in [0.25, 0.3) is 0 Å². The van der Waals surface area contributed by atoms with Crippen LogP contribution in [-0.4, -0.2) is 30.1 Å². The van der Waals surface area contributed by atoms with E-state index >= 15 is 0 Å². The lowest BCUT2D eigenvalue weighted by Crippen LogP contribution is -2.26. The zero-order valence-electron chi connectivity index (χ0n) is 11.5. The molecule has 0 saturated carbocycles. The molecule has 0 radical (unpaired) electrons. The maximum absolute atomic E-state index is 10.2. The van der Waals surface area contributed by atoms with E-state index in [1.165, 1.54) is 6.42 Å². The van der Waals surface area contributed by atoms with Crippen LogP contribution in [-0.2, 0) is 0 Å². The molecule has 1 rings (SSSR count). The van der Waals surface area contributed by atoms with E-state index in [1.807, 2.05) is 31.2 Å². The molecular formula is C15H25NO. The molecule has 2 heteroatoms. The van der Waals surface area contributed by atoms with Crippen LogP contribution in [0.4, 0.5) is 0 Å². The Bertz CT molecular complexity index is 335. The zero-order chi connectivity index (χ0) is 12.8. The highest BCUT2D eigenvalue weighted by Gasteiger charge is 2.12. The molecule has 0 aliphatic heterocycles. The van der Waals surface area contributed by atoms with E-state index in [2.05, 4.69) is 25.8 Å². The standard InChI is InChI=1S/C15H25NO/c1-12(2)9-10-16(4)11-15(17)14-8-6-5-7-13(14)3/h5-8,12,15,17H,9-11H2,1-4H3. The van der Waals surface area contributed by atoms with Crippen LogP contribution in [0.5, 0.6) is 0 Å². The Morgan fingerprint density at radius 2 is 1.88 bits per heavy atom. The average Bonchev–Trinajstić information content (AvgIpc) is 2.26. The first-order valence-electron chi connectivity index (χ1n) is 6.43. The number of benzene rings is 1. The number of aliphatic hydroxyl groups is 1. The molecule has 1 atom stereocenters. The third-order valence-corrected chi connectivity index (χ3v) is 3.12. The predicted octanol–water partition coefficient (Wildman–Crippen LogP) is 3.01. The van der Waals surface area contributed by atoms with E-state index in [1.54, 1.807) is 0 Å². The van der Waals surface area contributed by atoms with Crippen molar-refractivity contribution in [3.05, 3.63) is 35.4 Å².